The van der Waals surface area contributed by atoms with Crippen LogP contribution in [0.2, 0.25) is 0 Å². The van der Waals surface area contributed by atoms with Gasteiger partial charge in [-0.2, -0.15) is 0 Å². The van der Waals surface area contributed by atoms with E-state index in [2.05, 4.69) is 35.1 Å². The van der Waals surface area contributed by atoms with Gasteiger partial charge < -0.3 is 5.32 Å². The molecule has 0 bridgehead atoms. The van der Waals surface area contributed by atoms with Crippen molar-refractivity contribution in [3.8, 4) is 0 Å². The normalized spacial score (nSPS) is 16.6. The first-order chi connectivity index (χ1) is 8.96. The highest BCUT2D eigenvalue weighted by Crippen LogP contribution is 2.51. The average Bonchev–Trinajstić information content (AvgIpc) is 3.12. The van der Waals surface area contributed by atoms with Gasteiger partial charge in [-0.1, -0.05) is 26.0 Å². The Hall–Kier alpha value is -0.940. The van der Waals surface area contributed by atoms with Gasteiger partial charge >= 0.3 is 0 Å². The Balaban J connectivity index is 1.97. The molecule has 2 rings (SSSR count). The summed E-state index contributed by atoms with van der Waals surface area (Å²) in [6, 6.07) is 5.17. The Labute approximate surface area is 121 Å². The van der Waals surface area contributed by atoms with E-state index in [1.54, 1.807) is 6.07 Å². The molecule has 1 aliphatic carbocycles. The Morgan fingerprint density at radius 2 is 2.16 bits per heavy atom. The molecule has 1 fully saturated rings. The molecule has 4 nitrogen and oxygen atoms in total. The minimum absolute atomic E-state index is 0.129. The van der Waals surface area contributed by atoms with Crippen LogP contribution in [-0.2, 0) is 6.54 Å². The summed E-state index contributed by atoms with van der Waals surface area (Å²) < 4.78 is 0.585. The highest BCUT2D eigenvalue weighted by Gasteiger charge is 2.44. The van der Waals surface area contributed by atoms with Crippen molar-refractivity contribution in [1.29, 1.82) is 0 Å². The Morgan fingerprint density at radius 1 is 1.47 bits per heavy atom. The quantitative estimate of drug-likeness (QED) is 0.637. The zero-order valence-corrected chi connectivity index (χ0v) is 12.9. The number of rotatable bonds is 6. The molecule has 0 aliphatic heterocycles. The first-order valence-corrected chi connectivity index (χ1v) is 7.38. The minimum Gasteiger partial charge on any atom is -0.312 e. The maximum Gasteiger partial charge on any atom is 0.283 e. The standard InChI is InChI=1S/C14H19BrN2O2/c1-10(2)14(6-7-14)9-16-8-11-4-3-5-12(13(11)15)17(18)19/h3-5,10,16H,6-9H2,1-2H3. The Kier molecular flexibility index (Phi) is 4.26. The van der Waals surface area contributed by atoms with Gasteiger partial charge in [0, 0.05) is 19.2 Å². The summed E-state index contributed by atoms with van der Waals surface area (Å²) in [5.74, 6) is 0.688. The molecule has 1 N–H and O–H groups in total. The van der Waals surface area contributed by atoms with E-state index in [1.807, 2.05) is 6.07 Å². The third kappa shape index (κ3) is 3.15. The van der Waals surface area contributed by atoms with Crippen LogP contribution in [-0.4, -0.2) is 11.5 Å². The van der Waals surface area contributed by atoms with Crippen LogP contribution >= 0.6 is 15.9 Å². The Bertz CT molecular complexity index is 484. The summed E-state index contributed by atoms with van der Waals surface area (Å²) >= 11 is 3.33. The molecule has 0 amide bonds. The van der Waals surface area contributed by atoms with Crippen molar-refractivity contribution in [2.45, 2.75) is 33.2 Å². The van der Waals surface area contributed by atoms with E-state index in [4.69, 9.17) is 0 Å². The summed E-state index contributed by atoms with van der Waals surface area (Å²) in [6.07, 6.45) is 2.57. The molecular weight excluding hydrogens is 308 g/mol. The van der Waals surface area contributed by atoms with Crippen molar-refractivity contribution in [1.82, 2.24) is 5.32 Å². The fraction of sp³-hybridized carbons (Fsp3) is 0.571. The van der Waals surface area contributed by atoms with Gasteiger partial charge in [-0.25, -0.2) is 0 Å². The smallest absolute Gasteiger partial charge is 0.283 e. The van der Waals surface area contributed by atoms with Gasteiger partial charge in [0.25, 0.3) is 5.69 Å². The van der Waals surface area contributed by atoms with Gasteiger partial charge in [-0.05, 0) is 45.7 Å². The molecule has 0 saturated heterocycles. The van der Waals surface area contributed by atoms with E-state index in [0.29, 0.717) is 22.4 Å². The number of halogens is 1. The SMILES string of the molecule is CC(C)C1(CNCc2cccc([N+](=O)[O-])c2Br)CC1. The van der Waals surface area contributed by atoms with Crippen LogP contribution in [0.3, 0.4) is 0 Å². The first-order valence-electron chi connectivity index (χ1n) is 6.59. The summed E-state index contributed by atoms with van der Waals surface area (Å²) in [6.45, 7) is 6.17. The molecular formula is C14H19BrN2O2. The summed E-state index contributed by atoms with van der Waals surface area (Å²) in [5.41, 5.74) is 1.52. The molecule has 0 aromatic heterocycles. The van der Waals surface area contributed by atoms with Crippen molar-refractivity contribution >= 4 is 21.6 Å². The van der Waals surface area contributed by atoms with E-state index in [-0.39, 0.29) is 10.6 Å². The monoisotopic (exact) mass is 326 g/mol. The molecule has 1 aliphatic rings. The molecule has 0 radical (unpaired) electrons. The van der Waals surface area contributed by atoms with Crippen LogP contribution < -0.4 is 5.32 Å². The van der Waals surface area contributed by atoms with Crippen molar-refractivity contribution in [3.63, 3.8) is 0 Å². The second-order valence-corrected chi connectivity index (χ2v) is 6.42. The molecule has 0 heterocycles. The summed E-state index contributed by atoms with van der Waals surface area (Å²) in [7, 11) is 0. The number of nitro groups is 1. The van der Waals surface area contributed by atoms with E-state index < -0.39 is 0 Å². The van der Waals surface area contributed by atoms with Gasteiger partial charge in [0.15, 0.2) is 0 Å². The van der Waals surface area contributed by atoms with Gasteiger partial charge in [-0.3, -0.25) is 10.1 Å². The molecule has 19 heavy (non-hydrogen) atoms. The van der Waals surface area contributed by atoms with E-state index in [0.717, 1.165) is 12.1 Å². The summed E-state index contributed by atoms with van der Waals surface area (Å²) in [4.78, 5) is 10.5. The predicted octanol–water partition coefficient (Wildman–Crippen LogP) is 3.88. The van der Waals surface area contributed by atoms with Crippen LogP contribution in [0.1, 0.15) is 32.3 Å². The first kappa shape index (κ1) is 14.5. The number of benzene rings is 1. The van der Waals surface area contributed by atoms with E-state index in [1.165, 1.54) is 18.9 Å². The van der Waals surface area contributed by atoms with E-state index >= 15 is 0 Å². The lowest BCUT2D eigenvalue weighted by Crippen LogP contribution is -2.27. The second-order valence-electron chi connectivity index (χ2n) is 5.63. The van der Waals surface area contributed by atoms with Gasteiger partial charge in [0.05, 0.1) is 9.40 Å². The zero-order valence-electron chi connectivity index (χ0n) is 11.3. The largest absolute Gasteiger partial charge is 0.312 e. The summed E-state index contributed by atoms with van der Waals surface area (Å²) in [5, 5.41) is 14.3. The minimum atomic E-state index is -0.357. The molecule has 1 aromatic rings. The molecule has 104 valence electrons. The average molecular weight is 327 g/mol. The molecule has 1 aromatic carbocycles. The van der Waals surface area contributed by atoms with Crippen LogP contribution in [0.25, 0.3) is 0 Å². The molecule has 0 unspecified atom stereocenters. The molecule has 0 spiro atoms. The van der Waals surface area contributed by atoms with Crippen molar-refractivity contribution < 1.29 is 4.92 Å². The van der Waals surface area contributed by atoms with E-state index in [9.17, 15) is 10.1 Å². The van der Waals surface area contributed by atoms with Gasteiger partial charge in [0.1, 0.15) is 0 Å². The van der Waals surface area contributed by atoms with Crippen LogP contribution in [0.5, 0.6) is 0 Å². The molecule has 1 saturated carbocycles. The lowest BCUT2D eigenvalue weighted by molar-refractivity contribution is -0.385. The van der Waals surface area contributed by atoms with Crippen LogP contribution in [0.15, 0.2) is 22.7 Å². The highest BCUT2D eigenvalue weighted by atomic mass is 79.9. The third-order valence-corrected chi connectivity index (χ3v) is 5.08. The van der Waals surface area contributed by atoms with Crippen molar-refractivity contribution in [2.75, 3.05) is 6.54 Å². The number of hydrogen-bond acceptors (Lipinski definition) is 3. The second kappa shape index (κ2) is 5.59. The lowest BCUT2D eigenvalue weighted by Gasteiger charge is -2.20. The predicted molar refractivity (Wildman–Crippen MR) is 79.0 cm³/mol. The number of nitrogens with zero attached hydrogens (tertiary/aromatic N) is 1. The van der Waals surface area contributed by atoms with Crippen LogP contribution in [0, 0.1) is 21.4 Å². The number of nitrogens with one attached hydrogen (secondary N) is 1. The fourth-order valence-corrected chi connectivity index (χ4v) is 2.96. The fourth-order valence-electron chi connectivity index (χ4n) is 2.41. The lowest BCUT2D eigenvalue weighted by atomic mass is 9.92. The van der Waals surface area contributed by atoms with Crippen molar-refractivity contribution in [2.24, 2.45) is 11.3 Å². The molecule has 0 atom stereocenters. The van der Waals surface area contributed by atoms with Crippen LogP contribution in [0.4, 0.5) is 5.69 Å². The Morgan fingerprint density at radius 3 is 2.68 bits per heavy atom. The third-order valence-electron chi connectivity index (χ3n) is 4.16. The number of nitro benzene ring substituents is 1. The van der Waals surface area contributed by atoms with Gasteiger partial charge in [0.2, 0.25) is 0 Å². The zero-order chi connectivity index (χ0) is 14.0. The number of hydrogen-bond donors (Lipinski definition) is 1. The maximum atomic E-state index is 10.9. The van der Waals surface area contributed by atoms with Crippen molar-refractivity contribution in [3.05, 3.63) is 38.3 Å². The maximum absolute atomic E-state index is 10.9. The topological polar surface area (TPSA) is 55.2 Å². The highest BCUT2D eigenvalue weighted by molar-refractivity contribution is 9.10. The molecule has 5 heteroatoms. The van der Waals surface area contributed by atoms with Gasteiger partial charge in [-0.15, -0.1) is 0 Å².